The molecule has 0 saturated carbocycles. The minimum atomic E-state index is -4.60. The molecular weight excluding hydrogens is 433 g/mol. The van der Waals surface area contributed by atoms with Gasteiger partial charge in [0.1, 0.15) is 17.1 Å². The standard InChI is InChI=1S/C18H12ClF3N2O6/c1-2-16(25)23-9-29-17(26)12-8-11(4-5-14(12)24(27)28)30-15-6-3-10(7-13(15)19)18(20,21)22/h2-8H,1,9H2,(H,23,25). The van der Waals surface area contributed by atoms with E-state index in [-0.39, 0.29) is 16.5 Å². The van der Waals surface area contributed by atoms with Gasteiger partial charge in [0.15, 0.2) is 6.73 Å². The molecule has 1 amide bonds. The Morgan fingerprint density at radius 1 is 1.23 bits per heavy atom. The molecule has 2 rings (SSSR count). The lowest BCUT2D eigenvalue weighted by Crippen LogP contribution is -2.26. The van der Waals surface area contributed by atoms with Crippen LogP contribution < -0.4 is 10.1 Å². The fraction of sp³-hybridized carbons (Fsp3) is 0.111. The minimum Gasteiger partial charge on any atom is -0.456 e. The van der Waals surface area contributed by atoms with Gasteiger partial charge in [0.05, 0.1) is 15.5 Å². The number of carbonyl (C=O) groups excluding carboxylic acids is 2. The Bertz CT molecular complexity index is 1010. The van der Waals surface area contributed by atoms with E-state index in [2.05, 4.69) is 11.9 Å². The second-order valence-electron chi connectivity index (χ2n) is 5.50. The van der Waals surface area contributed by atoms with Gasteiger partial charge in [-0.2, -0.15) is 13.2 Å². The minimum absolute atomic E-state index is 0.121. The fourth-order valence-electron chi connectivity index (χ4n) is 2.11. The van der Waals surface area contributed by atoms with E-state index < -0.39 is 46.5 Å². The molecule has 158 valence electrons. The van der Waals surface area contributed by atoms with Crippen molar-refractivity contribution in [2.75, 3.05) is 6.73 Å². The molecular formula is C18H12ClF3N2O6. The van der Waals surface area contributed by atoms with Crippen LogP contribution >= 0.6 is 11.6 Å². The molecule has 0 saturated heterocycles. The maximum Gasteiger partial charge on any atom is 0.416 e. The van der Waals surface area contributed by atoms with Gasteiger partial charge in [-0.1, -0.05) is 18.2 Å². The van der Waals surface area contributed by atoms with Crippen LogP contribution in [0.15, 0.2) is 49.1 Å². The van der Waals surface area contributed by atoms with Crippen LogP contribution in [-0.2, 0) is 15.7 Å². The van der Waals surface area contributed by atoms with Gasteiger partial charge in [0.25, 0.3) is 5.69 Å². The summed E-state index contributed by atoms with van der Waals surface area (Å²) in [5.74, 6) is -2.07. The first-order chi connectivity index (χ1) is 14.0. The largest absolute Gasteiger partial charge is 0.456 e. The lowest BCUT2D eigenvalue weighted by atomic mass is 10.1. The van der Waals surface area contributed by atoms with E-state index in [1.807, 2.05) is 0 Å². The molecule has 0 fully saturated rings. The number of hydrogen-bond donors (Lipinski definition) is 1. The highest BCUT2D eigenvalue weighted by atomic mass is 35.5. The van der Waals surface area contributed by atoms with Crippen LogP contribution in [0.4, 0.5) is 18.9 Å². The summed E-state index contributed by atoms with van der Waals surface area (Å²) in [5, 5.41) is 12.9. The number of nitro groups is 1. The molecule has 0 spiro atoms. The van der Waals surface area contributed by atoms with Gasteiger partial charge in [-0.15, -0.1) is 0 Å². The summed E-state index contributed by atoms with van der Waals surface area (Å²) in [5.41, 5.74) is -2.11. The quantitative estimate of drug-likeness (QED) is 0.222. The van der Waals surface area contributed by atoms with Crippen LogP contribution in [0.25, 0.3) is 0 Å². The molecule has 2 aromatic rings. The van der Waals surface area contributed by atoms with E-state index >= 15 is 0 Å². The number of hydrogen-bond acceptors (Lipinski definition) is 6. The lowest BCUT2D eigenvalue weighted by molar-refractivity contribution is -0.385. The van der Waals surface area contributed by atoms with Crippen molar-refractivity contribution in [3.05, 3.63) is 75.3 Å². The summed E-state index contributed by atoms with van der Waals surface area (Å²) < 4.78 is 48.2. The number of esters is 1. The molecule has 0 radical (unpaired) electrons. The second-order valence-corrected chi connectivity index (χ2v) is 5.91. The third-order valence-corrected chi connectivity index (χ3v) is 3.80. The van der Waals surface area contributed by atoms with Crippen molar-refractivity contribution in [1.82, 2.24) is 5.32 Å². The Morgan fingerprint density at radius 2 is 1.93 bits per heavy atom. The smallest absolute Gasteiger partial charge is 0.416 e. The number of rotatable bonds is 7. The Labute approximate surface area is 172 Å². The van der Waals surface area contributed by atoms with Gasteiger partial charge in [-0.3, -0.25) is 14.9 Å². The van der Waals surface area contributed by atoms with Gasteiger partial charge in [0, 0.05) is 12.1 Å². The van der Waals surface area contributed by atoms with E-state index in [4.69, 9.17) is 21.1 Å². The van der Waals surface area contributed by atoms with Crippen LogP contribution in [0.3, 0.4) is 0 Å². The number of alkyl halides is 3. The zero-order valence-corrected chi connectivity index (χ0v) is 15.6. The predicted octanol–water partition coefficient (Wildman–Crippen LogP) is 4.48. The van der Waals surface area contributed by atoms with Crippen molar-refractivity contribution in [3.63, 3.8) is 0 Å². The Hall–Kier alpha value is -3.60. The first-order valence-electron chi connectivity index (χ1n) is 7.93. The van der Waals surface area contributed by atoms with E-state index in [1.54, 1.807) is 0 Å². The monoisotopic (exact) mass is 444 g/mol. The molecule has 0 aliphatic heterocycles. The van der Waals surface area contributed by atoms with Gasteiger partial charge < -0.3 is 14.8 Å². The molecule has 0 heterocycles. The second kappa shape index (κ2) is 9.27. The van der Waals surface area contributed by atoms with E-state index in [0.717, 1.165) is 36.4 Å². The molecule has 0 aliphatic carbocycles. The average molecular weight is 445 g/mol. The molecule has 0 aliphatic rings. The van der Waals surface area contributed by atoms with Crippen molar-refractivity contribution >= 4 is 29.2 Å². The number of carbonyl (C=O) groups is 2. The molecule has 0 aromatic heterocycles. The summed E-state index contributed by atoms with van der Waals surface area (Å²) in [4.78, 5) is 33.5. The van der Waals surface area contributed by atoms with Crippen molar-refractivity contribution in [1.29, 1.82) is 0 Å². The topological polar surface area (TPSA) is 108 Å². The zero-order valence-electron chi connectivity index (χ0n) is 14.9. The molecule has 0 atom stereocenters. The van der Waals surface area contributed by atoms with E-state index in [1.165, 1.54) is 0 Å². The Kier molecular flexibility index (Phi) is 7.01. The zero-order chi connectivity index (χ0) is 22.5. The Balaban J connectivity index is 2.27. The number of nitrogens with zero attached hydrogens (tertiary/aromatic N) is 1. The molecule has 1 N–H and O–H groups in total. The van der Waals surface area contributed by atoms with Crippen molar-refractivity contribution in [3.8, 4) is 11.5 Å². The third kappa shape index (κ3) is 5.70. The molecule has 0 unspecified atom stereocenters. The lowest BCUT2D eigenvalue weighted by Gasteiger charge is -2.12. The third-order valence-electron chi connectivity index (χ3n) is 3.51. The van der Waals surface area contributed by atoms with Gasteiger partial charge in [0.2, 0.25) is 5.91 Å². The predicted molar refractivity (Wildman–Crippen MR) is 98.2 cm³/mol. The van der Waals surface area contributed by atoms with Crippen LogP contribution in [0, 0.1) is 10.1 Å². The number of nitrogens with one attached hydrogen (secondary N) is 1. The molecule has 12 heteroatoms. The Morgan fingerprint density at radius 3 is 2.50 bits per heavy atom. The molecule has 2 aromatic carbocycles. The normalized spacial score (nSPS) is 10.8. The SMILES string of the molecule is C=CC(=O)NCOC(=O)c1cc(Oc2ccc(C(F)(F)F)cc2Cl)ccc1[N+](=O)[O-]. The van der Waals surface area contributed by atoms with Crippen LogP contribution in [0.2, 0.25) is 5.02 Å². The van der Waals surface area contributed by atoms with Crippen LogP contribution in [0.5, 0.6) is 11.5 Å². The van der Waals surface area contributed by atoms with Gasteiger partial charge in [-0.05, 0) is 30.3 Å². The number of nitro benzene ring substituents is 1. The van der Waals surface area contributed by atoms with Gasteiger partial charge >= 0.3 is 12.1 Å². The van der Waals surface area contributed by atoms with Crippen LogP contribution in [0.1, 0.15) is 15.9 Å². The highest BCUT2D eigenvalue weighted by Gasteiger charge is 2.31. The maximum absolute atomic E-state index is 12.7. The summed E-state index contributed by atoms with van der Waals surface area (Å²) in [6.07, 6.45) is -3.67. The van der Waals surface area contributed by atoms with Crippen LogP contribution in [-0.4, -0.2) is 23.5 Å². The average Bonchev–Trinajstić information content (AvgIpc) is 2.68. The fourth-order valence-corrected chi connectivity index (χ4v) is 2.33. The summed E-state index contributed by atoms with van der Waals surface area (Å²) in [6, 6.07) is 5.40. The highest BCUT2D eigenvalue weighted by Crippen LogP contribution is 2.37. The molecule has 0 bridgehead atoms. The summed E-state index contributed by atoms with van der Waals surface area (Å²) in [6.45, 7) is 2.63. The summed E-state index contributed by atoms with van der Waals surface area (Å²) in [7, 11) is 0. The first kappa shape index (κ1) is 22.7. The molecule has 8 nitrogen and oxygen atoms in total. The first-order valence-corrected chi connectivity index (χ1v) is 8.31. The van der Waals surface area contributed by atoms with E-state index in [0.29, 0.717) is 6.07 Å². The van der Waals surface area contributed by atoms with Gasteiger partial charge in [-0.25, -0.2) is 4.79 Å². The summed E-state index contributed by atoms with van der Waals surface area (Å²) >= 11 is 5.81. The number of amides is 1. The van der Waals surface area contributed by atoms with E-state index in [9.17, 15) is 32.9 Å². The molecule has 30 heavy (non-hydrogen) atoms. The van der Waals surface area contributed by atoms with Crippen molar-refractivity contribution in [2.24, 2.45) is 0 Å². The van der Waals surface area contributed by atoms with Crippen molar-refractivity contribution in [2.45, 2.75) is 6.18 Å². The maximum atomic E-state index is 12.7. The van der Waals surface area contributed by atoms with Crippen molar-refractivity contribution < 1.29 is 37.2 Å². The number of benzene rings is 2. The highest BCUT2D eigenvalue weighted by molar-refractivity contribution is 6.32. The number of halogens is 4. The number of ether oxygens (including phenoxy) is 2.